The number of carbonyl (C=O) groups is 3. The molecule has 1 rings (SSSR count). The molecule has 1 aromatic heterocycles. The van der Waals surface area contributed by atoms with Crippen LogP contribution in [0.1, 0.15) is 43.6 Å². The predicted molar refractivity (Wildman–Crippen MR) is 75.1 cm³/mol. The van der Waals surface area contributed by atoms with Crippen LogP contribution in [-0.2, 0) is 15.8 Å². The number of hydrogen-bond donors (Lipinski definition) is 0. The highest BCUT2D eigenvalue weighted by Gasteiger charge is 2.39. The Morgan fingerprint density at radius 2 is 1.52 bits per heavy atom. The molecule has 0 saturated heterocycles. The topological polar surface area (TPSA) is 67.3 Å². The lowest BCUT2D eigenvalue weighted by Crippen LogP contribution is -2.46. The first-order valence-corrected chi connectivity index (χ1v) is 6.91. The molecule has 126 valence electrons. The van der Waals surface area contributed by atoms with E-state index in [4.69, 9.17) is 0 Å². The Hall–Kier alpha value is -2.25. The first kappa shape index (κ1) is 18.8. The molecule has 0 aromatic carbocycles. The number of alkyl halides is 3. The Bertz CT molecular complexity index is 605. The number of carbonyl (C=O) groups excluding carboxylic acids is 3. The number of rotatable bonds is 3. The Balaban J connectivity index is 3.43. The van der Waals surface area contributed by atoms with Crippen molar-refractivity contribution in [2.75, 3.05) is 0 Å². The van der Waals surface area contributed by atoms with Crippen molar-refractivity contribution in [3.8, 4) is 0 Å². The molecule has 0 unspecified atom stereocenters. The van der Waals surface area contributed by atoms with E-state index in [9.17, 15) is 27.6 Å². The second kappa shape index (κ2) is 6.89. The molecule has 1 heterocycles. The van der Waals surface area contributed by atoms with Gasteiger partial charge in [-0.1, -0.05) is 27.7 Å². The molecule has 0 aliphatic rings. The van der Waals surface area contributed by atoms with E-state index in [1.807, 2.05) is 0 Å². The minimum atomic E-state index is -4.80. The summed E-state index contributed by atoms with van der Waals surface area (Å²) in [6.45, 7) is 5.79. The molecule has 5 nitrogen and oxygen atoms in total. The second-order valence-corrected chi connectivity index (χ2v) is 5.55. The summed E-state index contributed by atoms with van der Waals surface area (Å²) in [6.07, 6.45) is -3.21. The third-order valence-electron chi connectivity index (χ3n) is 2.99. The maximum Gasteiger partial charge on any atom is 0.417 e. The van der Waals surface area contributed by atoms with Gasteiger partial charge in [-0.25, -0.2) is 4.90 Å². The highest BCUT2D eigenvalue weighted by atomic mass is 19.4. The average molecular weight is 330 g/mol. The van der Waals surface area contributed by atoms with E-state index in [0.29, 0.717) is 12.3 Å². The molecule has 0 atom stereocenters. The molecule has 0 N–H and O–H groups in total. The fraction of sp³-hybridized carbons (Fsp3) is 0.467. The summed E-state index contributed by atoms with van der Waals surface area (Å²) in [5.41, 5.74) is -2.07. The summed E-state index contributed by atoms with van der Waals surface area (Å²) >= 11 is 0. The summed E-state index contributed by atoms with van der Waals surface area (Å²) in [4.78, 5) is 40.5. The molecule has 8 heteroatoms. The van der Waals surface area contributed by atoms with Crippen LogP contribution in [0.25, 0.3) is 0 Å². The zero-order valence-corrected chi connectivity index (χ0v) is 13.1. The van der Waals surface area contributed by atoms with Crippen LogP contribution >= 0.6 is 0 Å². The van der Waals surface area contributed by atoms with Gasteiger partial charge in [0.15, 0.2) is 0 Å². The zero-order chi connectivity index (χ0) is 17.9. The molecule has 0 fully saturated rings. The molecule has 0 bridgehead atoms. The lowest BCUT2D eigenvalue weighted by Gasteiger charge is -2.23. The number of nitrogens with zero attached hydrogens (tertiary/aromatic N) is 2. The second-order valence-electron chi connectivity index (χ2n) is 5.55. The summed E-state index contributed by atoms with van der Waals surface area (Å²) in [6, 6.07) is 0.630. The van der Waals surface area contributed by atoms with Crippen molar-refractivity contribution in [1.29, 1.82) is 0 Å². The summed E-state index contributed by atoms with van der Waals surface area (Å²) in [5, 5.41) is 0. The van der Waals surface area contributed by atoms with Crippen molar-refractivity contribution in [2.24, 2.45) is 11.8 Å². The SMILES string of the molecule is CC(C)C(=O)N(C(=O)c1cnccc1C(F)(F)F)C(=O)C(C)C. The van der Waals surface area contributed by atoms with Gasteiger partial charge < -0.3 is 0 Å². The maximum atomic E-state index is 13.0. The highest BCUT2D eigenvalue weighted by Crippen LogP contribution is 2.32. The van der Waals surface area contributed by atoms with E-state index in [1.54, 1.807) is 0 Å². The van der Waals surface area contributed by atoms with Gasteiger partial charge in [0.25, 0.3) is 5.91 Å². The lowest BCUT2D eigenvalue weighted by molar-refractivity contribution is -0.146. The fourth-order valence-electron chi connectivity index (χ4n) is 1.76. The third kappa shape index (κ3) is 4.14. The van der Waals surface area contributed by atoms with E-state index in [1.165, 1.54) is 27.7 Å². The van der Waals surface area contributed by atoms with Gasteiger partial charge in [-0.3, -0.25) is 19.4 Å². The van der Waals surface area contributed by atoms with Gasteiger partial charge in [-0.2, -0.15) is 13.2 Å². The van der Waals surface area contributed by atoms with Crippen LogP contribution in [0.2, 0.25) is 0 Å². The van der Waals surface area contributed by atoms with Crippen LogP contribution < -0.4 is 0 Å². The fourth-order valence-corrected chi connectivity index (χ4v) is 1.76. The number of pyridine rings is 1. The summed E-state index contributed by atoms with van der Waals surface area (Å²) in [7, 11) is 0. The molecular weight excluding hydrogens is 313 g/mol. The van der Waals surface area contributed by atoms with E-state index in [2.05, 4.69) is 4.98 Å². The number of hydrogen-bond acceptors (Lipinski definition) is 4. The van der Waals surface area contributed by atoms with E-state index >= 15 is 0 Å². The van der Waals surface area contributed by atoms with E-state index < -0.39 is 46.9 Å². The van der Waals surface area contributed by atoms with Crippen molar-refractivity contribution in [2.45, 2.75) is 33.9 Å². The number of aromatic nitrogens is 1. The van der Waals surface area contributed by atoms with Crippen LogP contribution in [0.4, 0.5) is 13.2 Å². The molecule has 0 aliphatic heterocycles. The monoisotopic (exact) mass is 330 g/mol. The molecule has 23 heavy (non-hydrogen) atoms. The molecule has 0 saturated carbocycles. The van der Waals surface area contributed by atoms with Gasteiger partial charge in [0, 0.05) is 24.2 Å². The molecule has 3 amide bonds. The molecule has 1 aromatic rings. The van der Waals surface area contributed by atoms with Crippen LogP contribution in [0.15, 0.2) is 18.5 Å². The maximum absolute atomic E-state index is 13.0. The van der Waals surface area contributed by atoms with Crippen LogP contribution in [-0.4, -0.2) is 27.6 Å². The minimum Gasteiger partial charge on any atom is -0.274 e. The average Bonchev–Trinajstić information content (AvgIpc) is 2.45. The van der Waals surface area contributed by atoms with Crippen molar-refractivity contribution in [3.05, 3.63) is 29.6 Å². The van der Waals surface area contributed by atoms with Gasteiger partial charge in [-0.05, 0) is 6.07 Å². The minimum absolute atomic E-state index is 0.279. The van der Waals surface area contributed by atoms with Gasteiger partial charge in [0.1, 0.15) is 0 Å². The first-order valence-electron chi connectivity index (χ1n) is 6.91. The van der Waals surface area contributed by atoms with Crippen LogP contribution in [0.5, 0.6) is 0 Å². The summed E-state index contributed by atoms with van der Waals surface area (Å²) < 4.78 is 39.1. The van der Waals surface area contributed by atoms with E-state index in [0.717, 1.165) is 6.20 Å². The third-order valence-corrected chi connectivity index (χ3v) is 2.99. The van der Waals surface area contributed by atoms with Gasteiger partial charge in [0.05, 0.1) is 11.1 Å². The number of amides is 3. The predicted octanol–water partition coefficient (Wildman–Crippen LogP) is 2.91. The van der Waals surface area contributed by atoms with Crippen molar-refractivity contribution in [3.63, 3.8) is 0 Å². The normalized spacial score (nSPS) is 11.7. The van der Waals surface area contributed by atoms with Crippen molar-refractivity contribution >= 4 is 17.7 Å². The van der Waals surface area contributed by atoms with Gasteiger partial charge in [-0.15, -0.1) is 0 Å². The van der Waals surface area contributed by atoms with E-state index in [-0.39, 0.29) is 4.90 Å². The summed E-state index contributed by atoms with van der Waals surface area (Å²) in [5.74, 6) is -4.49. The number of imide groups is 3. The Kier molecular flexibility index (Phi) is 5.63. The number of halogens is 3. The molecule has 0 radical (unpaired) electrons. The van der Waals surface area contributed by atoms with Crippen molar-refractivity contribution in [1.82, 2.24) is 9.88 Å². The first-order chi connectivity index (χ1) is 10.5. The van der Waals surface area contributed by atoms with Crippen molar-refractivity contribution < 1.29 is 27.6 Å². The standard InChI is InChI=1S/C15H17F3N2O3/c1-8(2)12(21)20(13(22)9(3)4)14(23)10-7-19-6-5-11(10)15(16,17)18/h5-9H,1-4H3. The molecular formula is C15H17F3N2O3. The zero-order valence-electron chi connectivity index (χ0n) is 13.1. The van der Waals surface area contributed by atoms with Gasteiger partial charge >= 0.3 is 6.18 Å². The molecule has 0 spiro atoms. The Morgan fingerprint density at radius 3 is 1.91 bits per heavy atom. The van der Waals surface area contributed by atoms with Crippen LogP contribution in [0, 0.1) is 11.8 Å². The van der Waals surface area contributed by atoms with Gasteiger partial charge in [0.2, 0.25) is 11.8 Å². The van der Waals surface area contributed by atoms with Crippen LogP contribution in [0.3, 0.4) is 0 Å². The Labute approximate surface area is 131 Å². The smallest absolute Gasteiger partial charge is 0.274 e. The lowest BCUT2D eigenvalue weighted by atomic mass is 10.1. The largest absolute Gasteiger partial charge is 0.417 e. The molecule has 0 aliphatic carbocycles. The highest BCUT2D eigenvalue weighted by molar-refractivity contribution is 6.17. The Morgan fingerprint density at radius 1 is 1.04 bits per heavy atom. The quantitative estimate of drug-likeness (QED) is 0.854.